The Hall–Kier alpha value is -0.710. The van der Waals surface area contributed by atoms with Crippen LogP contribution in [0.4, 0.5) is 4.39 Å². The number of halogens is 2. The van der Waals surface area contributed by atoms with Crippen LogP contribution in [0.15, 0.2) is 35.3 Å². The van der Waals surface area contributed by atoms with Gasteiger partial charge in [0.1, 0.15) is 5.82 Å². The number of allylic oxidation sites excluding steroid dienone is 1. The Morgan fingerprint density at radius 3 is 2.88 bits per heavy atom. The van der Waals surface area contributed by atoms with Gasteiger partial charge in [-0.1, -0.05) is 28.1 Å². The van der Waals surface area contributed by atoms with E-state index in [0.717, 1.165) is 23.7 Å². The van der Waals surface area contributed by atoms with Crippen molar-refractivity contribution in [2.75, 3.05) is 0 Å². The Balaban J connectivity index is 2.74. The zero-order chi connectivity index (χ0) is 12.0. The maximum absolute atomic E-state index is 13.7. The molecule has 0 aliphatic carbocycles. The van der Waals surface area contributed by atoms with E-state index in [1.54, 1.807) is 6.07 Å². The molecule has 0 bridgehead atoms. The van der Waals surface area contributed by atoms with Crippen molar-refractivity contribution in [1.82, 2.24) is 5.43 Å². The Morgan fingerprint density at radius 2 is 2.31 bits per heavy atom. The van der Waals surface area contributed by atoms with Crippen LogP contribution < -0.4 is 11.3 Å². The molecule has 3 N–H and O–H groups in total. The number of hydrogen-bond donors (Lipinski definition) is 2. The van der Waals surface area contributed by atoms with Crippen LogP contribution in [0.3, 0.4) is 0 Å². The summed E-state index contributed by atoms with van der Waals surface area (Å²) in [6.45, 7) is 3.65. The standard InChI is InChI=1S/C12H16BrFN2/c1-2-3-4-5-12(16-15)10-7-6-9(13)8-11(10)14/h2,6-8,12,16H,1,3-5,15H2. The summed E-state index contributed by atoms with van der Waals surface area (Å²) in [5.74, 6) is 5.20. The zero-order valence-electron chi connectivity index (χ0n) is 9.05. The topological polar surface area (TPSA) is 38.0 Å². The van der Waals surface area contributed by atoms with Gasteiger partial charge in [0.05, 0.1) is 0 Å². The largest absolute Gasteiger partial charge is 0.271 e. The average molecular weight is 287 g/mol. The lowest BCUT2D eigenvalue weighted by Crippen LogP contribution is -2.28. The third kappa shape index (κ3) is 3.70. The fourth-order valence-corrected chi connectivity index (χ4v) is 1.91. The van der Waals surface area contributed by atoms with Crippen LogP contribution in [0, 0.1) is 5.82 Å². The smallest absolute Gasteiger partial charge is 0.129 e. The van der Waals surface area contributed by atoms with E-state index in [9.17, 15) is 4.39 Å². The van der Waals surface area contributed by atoms with E-state index in [1.165, 1.54) is 6.07 Å². The minimum Gasteiger partial charge on any atom is -0.271 e. The number of hydrazine groups is 1. The molecule has 0 aromatic heterocycles. The van der Waals surface area contributed by atoms with Gasteiger partial charge in [-0.05, 0) is 31.4 Å². The van der Waals surface area contributed by atoms with Crippen LogP contribution in [0.2, 0.25) is 0 Å². The second-order valence-corrected chi connectivity index (χ2v) is 4.52. The number of benzene rings is 1. The summed E-state index contributed by atoms with van der Waals surface area (Å²) in [6, 6.07) is 4.87. The predicted octanol–water partition coefficient (Wildman–Crippen LogP) is 3.45. The Morgan fingerprint density at radius 1 is 1.56 bits per heavy atom. The molecule has 0 amide bonds. The van der Waals surface area contributed by atoms with Crippen molar-refractivity contribution < 1.29 is 4.39 Å². The highest BCUT2D eigenvalue weighted by Gasteiger charge is 2.13. The molecule has 1 atom stereocenters. The van der Waals surface area contributed by atoms with Gasteiger partial charge in [0.2, 0.25) is 0 Å². The van der Waals surface area contributed by atoms with Gasteiger partial charge in [-0.15, -0.1) is 6.58 Å². The number of nitrogens with one attached hydrogen (secondary N) is 1. The molecular weight excluding hydrogens is 271 g/mol. The summed E-state index contributed by atoms with van der Waals surface area (Å²) in [5.41, 5.74) is 3.25. The molecular formula is C12H16BrFN2. The van der Waals surface area contributed by atoms with Crippen LogP contribution in [0.1, 0.15) is 30.9 Å². The first-order valence-corrected chi connectivity index (χ1v) is 6.00. The van der Waals surface area contributed by atoms with Gasteiger partial charge >= 0.3 is 0 Å². The lowest BCUT2D eigenvalue weighted by atomic mass is 10.0. The normalized spacial score (nSPS) is 12.4. The van der Waals surface area contributed by atoms with Crippen molar-refractivity contribution in [3.8, 4) is 0 Å². The van der Waals surface area contributed by atoms with Gasteiger partial charge in [0, 0.05) is 16.1 Å². The quantitative estimate of drug-likeness (QED) is 0.364. The first kappa shape index (κ1) is 13.4. The monoisotopic (exact) mass is 286 g/mol. The fraction of sp³-hybridized carbons (Fsp3) is 0.333. The van der Waals surface area contributed by atoms with E-state index in [2.05, 4.69) is 27.9 Å². The van der Waals surface area contributed by atoms with Gasteiger partial charge in [-0.3, -0.25) is 11.3 Å². The second kappa shape index (κ2) is 6.78. The van der Waals surface area contributed by atoms with Crippen LogP contribution in [0.25, 0.3) is 0 Å². The maximum Gasteiger partial charge on any atom is 0.129 e. The fourth-order valence-electron chi connectivity index (χ4n) is 1.58. The molecule has 0 saturated carbocycles. The van der Waals surface area contributed by atoms with E-state index in [4.69, 9.17) is 5.84 Å². The predicted molar refractivity (Wildman–Crippen MR) is 68.2 cm³/mol. The van der Waals surface area contributed by atoms with Crippen molar-refractivity contribution in [2.24, 2.45) is 5.84 Å². The third-order valence-corrected chi connectivity index (χ3v) is 2.93. The number of rotatable bonds is 6. The SMILES string of the molecule is C=CCCCC(NN)c1ccc(Br)cc1F. The van der Waals surface area contributed by atoms with Crippen molar-refractivity contribution in [1.29, 1.82) is 0 Å². The molecule has 4 heteroatoms. The van der Waals surface area contributed by atoms with Gasteiger partial charge in [0.15, 0.2) is 0 Å². The molecule has 0 saturated heterocycles. The molecule has 0 aliphatic rings. The lowest BCUT2D eigenvalue weighted by Gasteiger charge is -2.16. The van der Waals surface area contributed by atoms with Gasteiger partial charge in [-0.2, -0.15) is 0 Å². The molecule has 0 heterocycles. The van der Waals surface area contributed by atoms with E-state index < -0.39 is 0 Å². The summed E-state index contributed by atoms with van der Waals surface area (Å²) in [5, 5.41) is 0. The van der Waals surface area contributed by atoms with E-state index >= 15 is 0 Å². The van der Waals surface area contributed by atoms with Crippen molar-refractivity contribution in [3.63, 3.8) is 0 Å². The summed E-state index contributed by atoms with van der Waals surface area (Å²) in [4.78, 5) is 0. The first-order valence-electron chi connectivity index (χ1n) is 5.21. The highest BCUT2D eigenvalue weighted by atomic mass is 79.9. The van der Waals surface area contributed by atoms with Gasteiger partial charge in [0.25, 0.3) is 0 Å². The van der Waals surface area contributed by atoms with E-state index in [1.807, 2.05) is 12.1 Å². The lowest BCUT2D eigenvalue weighted by molar-refractivity contribution is 0.474. The molecule has 0 aliphatic heterocycles. The number of nitrogens with two attached hydrogens (primary N) is 1. The van der Waals surface area contributed by atoms with Crippen LogP contribution >= 0.6 is 15.9 Å². The molecule has 1 unspecified atom stereocenters. The Labute approximate surface area is 104 Å². The minimum absolute atomic E-state index is 0.145. The Bertz CT molecular complexity index is 355. The summed E-state index contributed by atoms with van der Waals surface area (Å²) in [7, 11) is 0. The van der Waals surface area contributed by atoms with Crippen LogP contribution in [-0.2, 0) is 0 Å². The van der Waals surface area contributed by atoms with Gasteiger partial charge < -0.3 is 0 Å². The van der Waals surface area contributed by atoms with Crippen LogP contribution in [-0.4, -0.2) is 0 Å². The summed E-state index contributed by atoms with van der Waals surface area (Å²) >= 11 is 3.23. The van der Waals surface area contributed by atoms with Crippen LogP contribution in [0.5, 0.6) is 0 Å². The van der Waals surface area contributed by atoms with Gasteiger partial charge in [-0.25, -0.2) is 4.39 Å². The summed E-state index contributed by atoms with van der Waals surface area (Å²) in [6.07, 6.45) is 4.50. The molecule has 1 aromatic rings. The molecule has 0 radical (unpaired) electrons. The maximum atomic E-state index is 13.7. The van der Waals surface area contributed by atoms with E-state index in [0.29, 0.717) is 5.56 Å². The molecule has 1 aromatic carbocycles. The number of hydrogen-bond acceptors (Lipinski definition) is 2. The van der Waals surface area contributed by atoms with E-state index in [-0.39, 0.29) is 11.9 Å². The van der Waals surface area contributed by atoms with Crippen molar-refractivity contribution in [2.45, 2.75) is 25.3 Å². The Kier molecular flexibility index (Phi) is 5.66. The highest BCUT2D eigenvalue weighted by Crippen LogP contribution is 2.24. The molecule has 0 fully saturated rings. The third-order valence-electron chi connectivity index (χ3n) is 2.44. The minimum atomic E-state index is -0.240. The van der Waals surface area contributed by atoms with Crippen molar-refractivity contribution >= 4 is 15.9 Å². The summed E-state index contributed by atoms with van der Waals surface area (Å²) < 4.78 is 14.4. The van der Waals surface area contributed by atoms with Crippen molar-refractivity contribution in [3.05, 3.63) is 46.7 Å². The molecule has 1 rings (SSSR count). The zero-order valence-corrected chi connectivity index (χ0v) is 10.6. The molecule has 2 nitrogen and oxygen atoms in total. The molecule has 16 heavy (non-hydrogen) atoms. The average Bonchev–Trinajstić information content (AvgIpc) is 2.26. The number of unbranched alkanes of at least 4 members (excludes halogenated alkanes) is 1. The second-order valence-electron chi connectivity index (χ2n) is 3.60. The highest BCUT2D eigenvalue weighted by molar-refractivity contribution is 9.10. The molecule has 0 spiro atoms. The molecule has 88 valence electrons. The first-order chi connectivity index (χ1) is 7.69.